The van der Waals surface area contributed by atoms with Gasteiger partial charge in [0.1, 0.15) is 5.56 Å². The Morgan fingerprint density at radius 1 is 1.54 bits per heavy atom. The molecule has 0 bridgehead atoms. The molecular formula is C8H5NO3S. The van der Waals surface area contributed by atoms with Crippen LogP contribution in [0.4, 0.5) is 0 Å². The molecule has 2 aromatic rings. The summed E-state index contributed by atoms with van der Waals surface area (Å²) in [6, 6.07) is 3.13. The zero-order valence-electron chi connectivity index (χ0n) is 6.40. The summed E-state index contributed by atoms with van der Waals surface area (Å²) in [5, 5.41) is 10.4. The van der Waals surface area contributed by atoms with Gasteiger partial charge in [-0.1, -0.05) is 0 Å². The van der Waals surface area contributed by atoms with E-state index in [2.05, 4.69) is 4.98 Å². The molecule has 4 nitrogen and oxygen atoms in total. The number of fused-ring (bicyclic) bond motifs is 1. The Bertz CT molecular complexity index is 525. The third-order valence-electron chi connectivity index (χ3n) is 1.69. The molecule has 2 N–H and O–H groups in total. The van der Waals surface area contributed by atoms with Crippen molar-refractivity contribution in [1.82, 2.24) is 4.98 Å². The predicted octanol–water partition coefficient (Wildman–Crippen LogP) is 1.29. The van der Waals surface area contributed by atoms with Gasteiger partial charge in [0.2, 0.25) is 0 Å². The van der Waals surface area contributed by atoms with E-state index in [1.165, 1.54) is 17.4 Å². The number of pyridine rings is 1. The molecule has 0 unspecified atom stereocenters. The van der Waals surface area contributed by atoms with Crippen LogP contribution in [0, 0.1) is 0 Å². The number of hydrogen-bond donors (Lipinski definition) is 2. The first-order valence-electron chi connectivity index (χ1n) is 3.52. The first kappa shape index (κ1) is 8.00. The fourth-order valence-corrected chi connectivity index (χ4v) is 1.86. The molecule has 2 aromatic heterocycles. The number of carboxylic acids is 1. The van der Waals surface area contributed by atoms with Gasteiger partial charge in [0.05, 0.1) is 10.2 Å². The van der Waals surface area contributed by atoms with Crippen molar-refractivity contribution in [2.45, 2.75) is 0 Å². The summed E-state index contributed by atoms with van der Waals surface area (Å²) < 4.78 is 0.775. The summed E-state index contributed by atoms with van der Waals surface area (Å²) in [4.78, 5) is 24.2. The minimum Gasteiger partial charge on any atom is -0.477 e. The maximum atomic E-state index is 11.1. The Hall–Kier alpha value is -1.62. The molecular weight excluding hydrogens is 190 g/mol. The first-order valence-corrected chi connectivity index (χ1v) is 4.40. The Balaban J connectivity index is 2.84. The number of aromatic amines is 1. The van der Waals surface area contributed by atoms with E-state index in [1.54, 1.807) is 11.4 Å². The molecule has 2 heterocycles. The third-order valence-corrected chi connectivity index (χ3v) is 2.56. The second-order valence-corrected chi connectivity index (χ2v) is 3.46. The largest absolute Gasteiger partial charge is 0.477 e. The van der Waals surface area contributed by atoms with Gasteiger partial charge in [0.15, 0.2) is 0 Å². The van der Waals surface area contributed by atoms with E-state index < -0.39 is 11.5 Å². The maximum absolute atomic E-state index is 11.1. The highest BCUT2D eigenvalue weighted by molar-refractivity contribution is 7.17. The molecule has 0 fully saturated rings. The number of H-pyrrole nitrogens is 1. The molecule has 0 aliphatic carbocycles. The van der Waals surface area contributed by atoms with Crippen LogP contribution in [-0.4, -0.2) is 16.1 Å². The van der Waals surface area contributed by atoms with Crippen LogP contribution in [0.25, 0.3) is 10.2 Å². The fourth-order valence-electron chi connectivity index (χ4n) is 1.08. The van der Waals surface area contributed by atoms with Gasteiger partial charge in [0.25, 0.3) is 5.56 Å². The molecule has 0 spiro atoms. The van der Waals surface area contributed by atoms with E-state index in [9.17, 15) is 9.59 Å². The standard InChI is InChI=1S/C8H5NO3S/c10-7-4(8(11)12)3-6-5(9-7)1-2-13-6/h1-3H,(H,9,10)(H,11,12). The van der Waals surface area contributed by atoms with Crippen molar-refractivity contribution in [2.75, 3.05) is 0 Å². The van der Waals surface area contributed by atoms with Crippen molar-refractivity contribution in [1.29, 1.82) is 0 Å². The number of nitrogens with one attached hydrogen (secondary N) is 1. The number of hydrogen-bond acceptors (Lipinski definition) is 3. The Morgan fingerprint density at radius 3 is 3.00 bits per heavy atom. The smallest absolute Gasteiger partial charge is 0.341 e. The number of thiophene rings is 1. The number of aromatic carboxylic acids is 1. The van der Waals surface area contributed by atoms with E-state index in [-0.39, 0.29) is 5.56 Å². The lowest BCUT2D eigenvalue weighted by Crippen LogP contribution is -2.16. The van der Waals surface area contributed by atoms with Crippen LogP contribution < -0.4 is 5.56 Å². The minimum absolute atomic E-state index is 0.213. The highest BCUT2D eigenvalue weighted by Crippen LogP contribution is 2.17. The fraction of sp³-hybridized carbons (Fsp3) is 0. The lowest BCUT2D eigenvalue weighted by molar-refractivity contribution is 0.0695. The summed E-state index contributed by atoms with van der Waals surface area (Å²) in [5.74, 6) is -1.20. The van der Waals surface area contributed by atoms with Gasteiger partial charge < -0.3 is 10.1 Å². The summed E-state index contributed by atoms with van der Waals surface area (Å²) in [7, 11) is 0. The quantitative estimate of drug-likeness (QED) is 0.720. The van der Waals surface area contributed by atoms with Crippen LogP contribution >= 0.6 is 11.3 Å². The summed E-state index contributed by atoms with van der Waals surface area (Å²) >= 11 is 1.39. The number of carbonyl (C=O) groups is 1. The average Bonchev–Trinajstić information content (AvgIpc) is 2.48. The number of aromatic nitrogens is 1. The van der Waals surface area contributed by atoms with Crippen LogP contribution in [-0.2, 0) is 0 Å². The van der Waals surface area contributed by atoms with Crippen LogP contribution in [0.15, 0.2) is 22.3 Å². The maximum Gasteiger partial charge on any atom is 0.341 e. The van der Waals surface area contributed by atoms with E-state index in [4.69, 9.17) is 5.11 Å². The Morgan fingerprint density at radius 2 is 2.31 bits per heavy atom. The van der Waals surface area contributed by atoms with Gasteiger partial charge in [-0.3, -0.25) is 4.79 Å². The Kier molecular flexibility index (Phi) is 1.66. The monoisotopic (exact) mass is 195 g/mol. The second-order valence-electron chi connectivity index (χ2n) is 2.52. The molecule has 0 aromatic carbocycles. The van der Waals surface area contributed by atoms with Gasteiger partial charge in [-0.2, -0.15) is 0 Å². The van der Waals surface area contributed by atoms with Crippen molar-refractivity contribution in [3.8, 4) is 0 Å². The normalized spacial score (nSPS) is 10.5. The SMILES string of the molecule is O=C(O)c1cc2sccc2[nH]c1=O. The highest BCUT2D eigenvalue weighted by atomic mass is 32.1. The zero-order valence-corrected chi connectivity index (χ0v) is 7.22. The summed E-state index contributed by atoms with van der Waals surface area (Å²) in [6.07, 6.45) is 0. The van der Waals surface area contributed by atoms with E-state index in [1.807, 2.05) is 0 Å². The Labute approximate surface area is 76.5 Å². The topological polar surface area (TPSA) is 70.2 Å². The van der Waals surface area contributed by atoms with E-state index >= 15 is 0 Å². The first-order chi connectivity index (χ1) is 6.18. The molecule has 2 rings (SSSR count). The van der Waals surface area contributed by atoms with Crippen molar-refractivity contribution >= 4 is 27.5 Å². The summed E-state index contributed by atoms with van der Waals surface area (Å²) in [5.41, 5.74) is -0.0895. The van der Waals surface area contributed by atoms with Gasteiger partial charge >= 0.3 is 5.97 Å². The van der Waals surface area contributed by atoms with Crippen molar-refractivity contribution in [3.63, 3.8) is 0 Å². The van der Waals surface area contributed by atoms with Crippen molar-refractivity contribution < 1.29 is 9.90 Å². The van der Waals surface area contributed by atoms with Gasteiger partial charge in [-0.25, -0.2) is 4.79 Å². The van der Waals surface area contributed by atoms with Gasteiger partial charge in [0, 0.05) is 0 Å². The predicted molar refractivity (Wildman–Crippen MR) is 49.4 cm³/mol. The average molecular weight is 195 g/mol. The number of carboxylic acid groups (broad SMARTS) is 1. The lowest BCUT2D eigenvalue weighted by atomic mass is 10.2. The molecule has 0 aliphatic heterocycles. The van der Waals surface area contributed by atoms with Crippen LogP contribution in [0.2, 0.25) is 0 Å². The minimum atomic E-state index is -1.20. The summed E-state index contributed by atoms with van der Waals surface area (Å²) in [6.45, 7) is 0. The van der Waals surface area contributed by atoms with Crippen molar-refractivity contribution in [3.05, 3.63) is 33.4 Å². The zero-order chi connectivity index (χ0) is 9.42. The van der Waals surface area contributed by atoms with Crippen LogP contribution in [0.1, 0.15) is 10.4 Å². The van der Waals surface area contributed by atoms with Crippen molar-refractivity contribution in [2.24, 2.45) is 0 Å². The lowest BCUT2D eigenvalue weighted by Gasteiger charge is -1.92. The van der Waals surface area contributed by atoms with Crippen LogP contribution in [0.5, 0.6) is 0 Å². The van der Waals surface area contributed by atoms with Gasteiger partial charge in [-0.05, 0) is 17.5 Å². The molecule has 0 amide bonds. The molecule has 0 saturated heterocycles. The number of rotatable bonds is 1. The molecule has 66 valence electrons. The molecule has 0 atom stereocenters. The molecule has 5 heteroatoms. The molecule has 0 radical (unpaired) electrons. The molecule has 0 aliphatic rings. The van der Waals surface area contributed by atoms with E-state index in [0.29, 0.717) is 5.52 Å². The molecule has 0 saturated carbocycles. The molecule has 13 heavy (non-hydrogen) atoms. The highest BCUT2D eigenvalue weighted by Gasteiger charge is 2.09. The second kappa shape index (κ2) is 2.70. The van der Waals surface area contributed by atoms with E-state index in [0.717, 1.165) is 4.70 Å². The van der Waals surface area contributed by atoms with Crippen LogP contribution in [0.3, 0.4) is 0 Å². The third kappa shape index (κ3) is 1.23. The van der Waals surface area contributed by atoms with Gasteiger partial charge in [-0.15, -0.1) is 11.3 Å².